The maximum atomic E-state index is 15.2. The van der Waals surface area contributed by atoms with Crippen LogP contribution in [0.25, 0.3) is 0 Å². The molecule has 2 aliphatic heterocycles. The Bertz CT molecular complexity index is 1150. The summed E-state index contributed by atoms with van der Waals surface area (Å²) in [5, 5.41) is 14.1. The Kier molecular flexibility index (Phi) is 6.68. The van der Waals surface area contributed by atoms with Crippen LogP contribution in [0.4, 0.5) is 4.39 Å². The van der Waals surface area contributed by atoms with Crippen LogP contribution in [0.15, 0.2) is 30.5 Å². The van der Waals surface area contributed by atoms with E-state index in [4.69, 9.17) is 25.6 Å². The second-order valence-electron chi connectivity index (χ2n) is 12.2. The van der Waals surface area contributed by atoms with E-state index >= 15 is 4.39 Å². The Labute approximate surface area is 224 Å². The monoisotopic (exact) mass is 530 g/mol. The lowest BCUT2D eigenvalue weighted by Gasteiger charge is -2.38. The highest BCUT2D eigenvalue weighted by Gasteiger charge is 2.57. The molecule has 2 atom stereocenters. The normalized spacial score (nSPS) is 32.3. The minimum absolute atomic E-state index is 0.00741. The highest BCUT2D eigenvalue weighted by molar-refractivity contribution is 6.66. The van der Waals surface area contributed by atoms with Crippen molar-refractivity contribution in [2.75, 3.05) is 6.54 Å². The number of hydrogen-bond donors (Lipinski definition) is 2. The Balaban J connectivity index is 1.54. The van der Waals surface area contributed by atoms with Crippen LogP contribution in [0.5, 0.6) is 5.75 Å². The molecule has 5 rings (SSSR count). The van der Waals surface area contributed by atoms with Crippen molar-refractivity contribution in [3.63, 3.8) is 0 Å². The van der Waals surface area contributed by atoms with E-state index in [2.05, 4.69) is 17.2 Å². The molecule has 2 N–H and O–H groups in total. The lowest BCUT2D eigenvalue weighted by atomic mass is 9.70. The van der Waals surface area contributed by atoms with Gasteiger partial charge in [0.15, 0.2) is 5.60 Å². The van der Waals surface area contributed by atoms with Gasteiger partial charge in [0.05, 0.1) is 27.5 Å². The standard InChI is InChI=1S/C28H37BClFN2O4/c1-17-22-20(15-19(31)24(30)23(22)29-36-25(2,3)26(4,5)37-29)35-28(17,21-9-7-8-14-32-21)16-33-18-10-12-27(6,34)13-11-18/h7-9,14-15,17-18,33-34H,10-13,16H2,1-6H3/t17-,18-,27-,28-/m0/s1. The van der Waals surface area contributed by atoms with Gasteiger partial charge in [0.1, 0.15) is 11.6 Å². The summed E-state index contributed by atoms with van der Waals surface area (Å²) < 4.78 is 34.6. The predicted molar refractivity (Wildman–Crippen MR) is 143 cm³/mol. The van der Waals surface area contributed by atoms with Crippen molar-refractivity contribution >= 4 is 24.2 Å². The van der Waals surface area contributed by atoms with Gasteiger partial charge >= 0.3 is 7.12 Å². The first kappa shape index (κ1) is 26.9. The number of pyridine rings is 1. The van der Waals surface area contributed by atoms with Crippen LogP contribution in [-0.2, 0) is 14.9 Å². The Morgan fingerprint density at radius 2 is 1.78 bits per heavy atom. The second-order valence-corrected chi connectivity index (χ2v) is 12.5. The zero-order valence-electron chi connectivity index (χ0n) is 22.5. The van der Waals surface area contributed by atoms with E-state index in [1.807, 2.05) is 52.8 Å². The van der Waals surface area contributed by atoms with Crippen LogP contribution in [0.2, 0.25) is 5.02 Å². The van der Waals surface area contributed by atoms with E-state index in [9.17, 15) is 5.11 Å². The van der Waals surface area contributed by atoms with Crippen LogP contribution in [0.1, 0.15) is 84.4 Å². The van der Waals surface area contributed by atoms with Crippen molar-refractivity contribution in [3.8, 4) is 5.75 Å². The quantitative estimate of drug-likeness (QED) is 0.539. The van der Waals surface area contributed by atoms with Crippen molar-refractivity contribution < 1.29 is 23.5 Å². The molecule has 6 nitrogen and oxygen atoms in total. The second kappa shape index (κ2) is 9.20. The minimum atomic E-state index is -0.890. The van der Waals surface area contributed by atoms with Crippen LogP contribution in [0, 0.1) is 5.82 Å². The number of ether oxygens (including phenoxy) is 1. The molecule has 2 fully saturated rings. The molecule has 200 valence electrons. The summed E-state index contributed by atoms with van der Waals surface area (Å²) in [6.45, 7) is 12.3. The third-order valence-corrected chi connectivity index (χ3v) is 9.37. The summed E-state index contributed by atoms with van der Waals surface area (Å²) in [6, 6.07) is 7.35. The predicted octanol–water partition coefficient (Wildman–Crippen LogP) is 4.85. The summed E-state index contributed by atoms with van der Waals surface area (Å²) in [5.74, 6) is -0.376. The Morgan fingerprint density at radius 3 is 2.38 bits per heavy atom. The van der Waals surface area contributed by atoms with E-state index < -0.39 is 35.3 Å². The molecule has 3 aliphatic rings. The zero-order chi connectivity index (χ0) is 26.8. The zero-order valence-corrected chi connectivity index (χ0v) is 23.3. The summed E-state index contributed by atoms with van der Waals surface area (Å²) in [6.07, 6.45) is 4.96. The average molecular weight is 531 g/mol. The lowest BCUT2D eigenvalue weighted by molar-refractivity contribution is 0.00578. The first-order valence-corrected chi connectivity index (χ1v) is 13.6. The molecule has 0 radical (unpaired) electrons. The van der Waals surface area contributed by atoms with Gasteiger partial charge in [-0.15, -0.1) is 0 Å². The molecule has 1 saturated heterocycles. The summed E-state index contributed by atoms with van der Waals surface area (Å²) >= 11 is 6.63. The Morgan fingerprint density at radius 1 is 1.14 bits per heavy atom. The molecular weight excluding hydrogens is 494 g/mol. The van der Waals surface area contributed by atoms with Crippen LogP contribution in [0.3, 0.4) is 0 Å². The fourth-order valence-electron chi connectivity index (χ4n) is 5.78. The van der Waals surface area contributed by atoms with Gasteiger partial charge in [-0.25, -0.2) is 4.39 Å². The number of fused-ring (bicyclic) bond motifs is 1. The van der Waals surface area contributed by atoms with Gasteiger partial charge in [-0.1, -0.05) is 24.6 Å². The summed E-state index contributed by atoms with van der Waals surface area (Å²) in [4.78, 5) is 4.68. The first-order valence-electron chi connectivity index (χ1n) is 13.2. The molecule has 9 heteroatoms. The molecule has 1 saturated carbocycles. The average Bonchev–Trinajstić information content (AvgIpc) is 3.23. The fraction of sp³-hybridized carbons (Fsp3) is 0.607. The van der Waals surface area contributed by atoms with Crippen molar-refractivity contribution in [2.24, 2.45) is 0 Å². The van der Waals surface area contributed by atoms with E-state index in [0.717, 1.165) is 36.9 Å². The van der Waals surface area contributed by atoms with Crippen LogP contribution in [-0.4, -0.2) is 46.6 Å². The number of aliphatic hydroxyl groups is 1. The number of benzene rings is 1. The number of halogens is 2. The van der Waals surface area contributed by atoms with Gasteiger partial charge in [0.25, 0.3) is 0 Å². The van der Waals surface area contributed by atoms with Gasteiger partial charge in [-0.3, -0.25) is 4.98 Å². The molecule has 1 aliphatic carbocycles. The van der Waals surface area contributed by atoms with Crippen LogP contribution >= 0.6 is 11.6 Å². The molecule has 1 aromatic carbocycles. The Hall–Kier alpha value is -1.71. The molecule has 1 aromatic heterocycles. The molecule has 0 bridgehead atoms. The maximum absolute atomic E-state index is 15.2. The van der Waals surface area contributed by atoms with E-state index in [0.29, 0.717) is 17.8 Å². The highest BCUT2D eigenvalue weighted by Crippen LogP contribution is 2.51. The van der Waals surface area contributed by atoms with Gasteiger partial charge in [-0.05, 0) is 72.4 Å². The van der Waals surface area contributed by atoms with Crippen LogP contribution < -0.4 is 15.5 Å². The third-order valence-electron chi connectivity index (χ3n) is 8.99. The SMILES string of the molecule is C[C@H]1c2c(cc(F)c(Cl)c2B2OC(C)(C)C(C)(C)O2)O[C@]1(CN[C@H]1CC[C@](C)(O)CC1)c1ccccn1. The van der Waals surface area contributed by atoms with Crippen molar-refractivity contribution in [1.29, 1.82) is 0 Å². The van der Waals surface area contributed by atoms with Gasteiger partial charge in [0.2, 0.25) is 0 Å². The number of nitrogens with one attached hydrogen (secondary N) is 1. The number of nitrogens with zero attached hydrogens (tertiary/aromatic N) is 1. The molecule has 0 amide bonds. The van der Waals surface area contributed by atoms with Crippen molar-refractivity contribution in [3.05, 3.63) is 52.6 Å². The molecule has 3 heterocycles. The van der Waals surface area contributed by atoms with Gasteiger partial charge in [-0.2, -0.15) is 0 Å². The smallest absolute Gasteiger partial charge is 0.479 e. The van der Waals surface area contributed by atoms with Gasteiger partial charge in [0, 0.05) is 41.8 Å². The molecule has 0 spiro atoms. The topological polar surface area (TPSA) is 72.8 Å². The summed E-state index contributed by atoms with van der Waals surface area (Å²) in [7, 11) is -0.832. The third kappa shape index (κ3) is 4.59. The largest absolute Gasteiger partial charge is 0.496 e. The summed E-state index contributed by atoms with van der Waals surface area (Å²) in [5.41, 5.74) is -0.700. The molecular formula is C28H37BClFN2O4. The number of rotatable bonds is 5. The highest BCUT2D eigenvalue weighted by atomic mass is 35.5. The lowest BCUT2D eigenvalue weighted by Crippen LogP contribution is -2.50. The van der Waals surface area contributed by atoms with E-state index in [1.54, 1.807) is 6.20 Å². The maximum Gasteiger partial charge on any atom is 0.496 e. The fourth-order valence-corrected chi connectivity index (χ4v) is 6.03. The number of aromatic nitrogens is 1. The van der Waals surface area contributed by atoms with Gasteiger partial charge < -0.3 is 24.5 Å². The minimum Gasteiger partial charge on any atom is -0.479 e. The van der Waals surface area contributed by atoms with E-state index in [1.165, 1.54) is 6.07 Å². The molecule has 37 heavy (non-hydrogen) atoms. The molecule has 2 aromatic rings. The first-order chi connectivity index (χ1) is 17.3. The van der Waals surface area contributed by atoms with Crippen molar-refractivity contribution in [1.82, 2.24) is 10.3 Å². The number of hydrogen-bond acceptors (Lipinski definition) is 6. The molecule has 0 unspecified atom stereocenters. The van der Waals surface area contributed by atoms with Crippen molar-refractivity contribution in [2.45, 2.75) is 102 Å². The van der Waals surface area contributed by atoms with E-state index in [-0.39, 0.29) is 17.0 Å².